The number of ether oxygens (including phenoxy) is 2. The standard InChI is InChI=1S/C27H31F2N5O3.C2HF3O2/c1-36-22-6-3-17(13-23(22)37-2)27-8-7-19(34(26(30)35)18-4-5-20(28)21(29)14-18)15-24(27)33(12-9-27)16-25-31-10-11-32-25;3-2(4,5)1(6)7/h3-6,10-11,13-14,19,24H,7-9,12,15-16H2,1-2H3,(H2,30,35)(H,31,32);(H,6,7)/t19-,24+,27+;/m1./s1. The van der Waals surface area contributed by atoms with Gasteiger partial charge in [0.15, 0.2) is 23.1 Å². The van der Waals surface area contributed by atoms with Gasteiger partial charge in [-0.3, -0.25) is 9.80 Å². The molecule has 0 radical (unpaired) electrons. The van der Waals surface area contributed by atoms with Gasteiger partial charge in [-0.15, -0.1) is 0 Å². The largest absolute Gasteiger partial charge is 0.493 e. The van der Waals surface area contributed by atoms with Crippen LogP contribution in [-0.4, -0.2) is 71.0 Å². The van der Waals surface area contributed by atoms with Gasteiger partial charge in [-0.25, -0.2) is 23.4 Å². The number of likely N-dealkylation sites (tertiary alicyclic amines) is 1. The molecule has 3 atom stereocenters. The van der Waals surface area contributed by atoms with Gasteiger partial charge < -0.3 is 25.3 Å². The SMILES string of the molecule is COc1ccc([C@@]23CC[C@@H](N(C(N)=O)c4ccc(F)c(F)c4)C[C@@H]2N(Cc2ncc[nH]2)CC3)cc1OC.O=C(O)C(F)(F)F. The molecule has 1 saturated carbocycles. The number of aliphatic carboxylic acids is 1. The lowest BCUT2D eigenvalue weighted by Gasteiger charge is -2.47. The van der Waals surface area contributed by atoms with Crippen LogP contribution in [0.15, 0.2) is 48.8 Å². The number of rotatable bonds is 7. The number of amides is 2. The first-order valence-corrected chi connectivity index (χ1v) is 13.6. The molecule has 2 fully saturated rings. The number of primary amides is 1. The summed E-state index contributed by atoms with van der Waals surface area (Å²) in [6.45, 7) is 1.47. The van der Waals surface area contributed by atoms with Gasteiger partial charge in [0.05, 0.1) is 20.8 Å². The molecular formula is C29H32F5N5O5. The highest BCUT2D eigenvalue weighted by atomic mass is 19.4. The molecule has 1 saturated heterocycles. The lowest BCUT2D eigenvalue weighted by molar-refractivity contribution is -0.192. The van der Waals surface area contributed by atoms with Crippen molar-refractivity contribution in [2.45, 2.75) is 55.9 Å². The third-order valence-electron chi connectivity index (χ3n) is 8.24. The monoisotopic (exact) mass is 625 g/mol. The highest BCUT2D eigenvalue weighted by Crippen LogP contribution is 2.51. The molecule has 15 heteroatoms. The van der Waals surface area contributed by atoms with E-state index in [2.05, 4.69) is 20.9 Å². The number of nitrogens with one attached hydrogen (secondary N) is 1. The average Bonchev–Trinajstić information content (AvgIpc) is 3.63. The third-order valence-corrected chi connectivity index (χ3v) is 8.24. The smallest absolute Gasteiger partial charge is 0.490 e. The molecule has 2 aliphatic rings. The molecule has 0 spiro atoms. The van der Waals surface area contributed by atoms with Gasteiger partial charge in [0.2, 0.25) is 0 Å². The molecule has 1 aliphatic heterocycles. The fourth-order valence-corrected chi connectivity index (χ4v) is 6.26. The Bertz CT molecular complexity index is 1470. The second kappa shape index (κ2) is 13.1. The zero-order valence-electron chi connectivity index (χ0n) is 23.9. The minimum Gasteiger partial charge on any atom is -0.493 e. The maximum atomic E-state index is 14.1. The van der Waals surface area contributed by atoms with Crippen LogP contribution in [0.25, 0.3) is 0 Å². The number of aromatic amines is 1. The number of carboxylic acid groups (broad SMARTS) is 1. The van der Waals surface area contributed by atoms with Gasteiger partial charge >= 0.3 is 18.2 Å². The number of carboxylic acids is 1. The Morgan fingerprint density at radius 2 is 1.82 bits per heavy atom. The molecule has 2 amide bonds. The molecule has 2 heterocycles. The topological polar surface area (TPSA) is 134 Å². The Kier molecular flexibility index (Phi) is 9.66. The van der Waals surface area contributed by atoms with Gasteiger partial charge in [-0.05, 0) is 62.1 Å². The molecule has 0 bridgehead atoms. The van der Waals surface area contributed by atoms with Crippen molar-refractivity contribution in [2.24, 2.45) is 5.73 Å². The lowest BCUT2D eigenvalue weighted by atomic mass is 9.64. The Labute approximate surface area is 249 Å². The number of carbonyl (C=O) groups is 2. The number of H-pyrrole nitrogens is 1. The number of hydrogen-bond donors (Lipinski definition) is 3. The number of aromatic nitrogens is 2. The number of fused-ring (bicyclic) bond motifs is 1. The number of nitrogens with zero attached hydrogens (tertiary/aromatic N) is 3. The minimum atomic E-state index is -5.08. The molecule has 5 rings (SSSR count). The molecule has 238 valence electrons. The summed E-state index contributed by atoms with van der Waals surface area (Å²) < 4.78 is 70.5. The van der Waals surface area contributed by atoms with Crippen molar-refractivity contribution in [2.75, 3.05) is 25.7 Å². The summed E-state index contributed by atoms with van der Waals surface area (Å²) in [6.07, 6.45) is 1.41. The van der Waals surface area contributed by atoms with Crippen molar-refractivity contribution in [3.63, 3.8) is 0 Å². The molecule has 10 nitrogen and oxygen atoms in total. The highest BCUT2D eigenvalue weighted by molar-refractivity contribution is 5.91. The van der Waals surface area contributed by atoms with Crippen LogP contribution >= 0.6 is 0 Å². The zero-order valence-corrected chi connectivity index (χ0v) is 23.9. The minimum absolute atomic E-state index is 0.0431. The summed E-state index contributed by atoms with van der Waals surface area (Å²) in [4.78, 5) is 32.9. The summed E-state index contributed by atoms with van der Waals surface area (Å²) in [5.74, 6) is -2.55. The van der Waals surface area contributed by atoms with E-state index >= 15 is 0 Å². The van der Waals surface area contributed by atoms with Crippen molar-refractivity contribution in [1.82, 2.24) is 14.9 Å². The Balaban J connectivity index is 0.000000566. The quantitative estimate of drug-likeness (QED) is 0.315. The summed E-state index contributed by atoms with van der Waals surface area (Å²) >= 11 is 0. The number of alkyl halides is 3. The number of urea groups is 1. The van der Waals surface area contributed by atoms with E-state index in [-0.39, 0.29) is 23.2 Å². The summed E-state index contributed by atoms with van der Waals surface area (Å²) in [5, 5.41) is 7.12. The number of nitrogens with two attached hydrogens (primary N) is 1. The number of halogens is 5. The van der Waals surface area contributed by atoms with E-state index in [9.17, 15) is 26.7 Å². The van der Waals surface area contributed by atoms with Gasteiger partial charge in [-0.1, -0.05) is 6.07 Å². The normalized spacial score (nSPS) is 21.5. The first kappa shape index (κ1) is 32.5. The number of carbonyl (C=O) groups excluding carboxylic acids is 1. The van der Waals surface area contributed by atoms with Crippen LogP contribution in [0.4, 0.5) is 32.4 Å². The number of hydrogen-bond acceptors (Lipinski definition) is 6. The number of methoxy groups -OCH3 is 2. The molecule has 3 aromatic rings. The van der Waals surface area contributed by atoms with E-state index in [1.54, 1.807) is 26.6 Å². The third kappa shape index (κ3) is 6.72. The fourth-order valence-electron chi connectivity index (χ4n) is 6.26. The van der Waals surface area contributed by atoms with Gasteiger partial charge in [0, 0.05) is 41.6 Å². The van der Waals surface area contributed by atoms with E-state index in [0.29, 0.717) is 30.9 Å². The van der Waals surface area contributed by atoms with Gasteiger partial charge in [0.1, 0.15) is 5.82 Å². The van der Waals surface area contributed by atoms with Crippen molar-refractivity contribution in [3.05, 3.63) is 71.8 Å². The first-order valence-electron chi connectivity index (χ1n) is 13.6. The maximum Gasteiger partial charge on any atom is 0.490 e. The van der Waals surface area contributed by atoms with Crippen LogP contribution in [0.5, 0.6) is 11.5 Å². The van der Waals surface area contributed by atoms with Crippen molar-refractivity contribution in [3.8, 4) is 11.5 Å². The van der Waals surface area contributed by atoms with Crippen LogP contribution in [0, 0.1) is 11.6 Å². The van der Waals surface area contributed by atoms with Gasteiger partial charge in [0.25, 0.3) is 0 Å². The predicted octanol–water partition coefficient (Wildman–Crippen LogP) is 4.99. The van der Waals surface area contributed by atoms with Crippen LogP contribution in [0.2, 0.25) is 0 Å². The Morgan fingerprint density at radius 3 is 2.39 bits per heavy atom. The maximum absolute atomic E-state index is 14.1. The van der Waals surface area contributed by atoms with Crippen LogP contribution in [0.1, 0.15) is 37.1 Å². The molecule has 2 aromatic carbocycles. The Morgan fingerprint density at radius 1 is 1.11 bits per heavy atom. The molecule has 0 unspecified atom stereocenters. The summed E-state index contributed by atoms with van der Waals surface area (Å²) in [5.41, 5.74) is 7.00. The first-order chi connectivity index (χ1) is 20.8. The van der Waals surface area contributed by atoms with Gasteiger partial charge in [-0.2, -0.15) is 13.2 Å². The lowest BCUT2D eigenvalue weighted by Crippen LogP contribution is -2.54. The number of benzene rings is 2. The number of imidazole rings is 1. The summed E-state index contributed by atoms with van der Waals surface area (Å²) in [7, 11) is 3.24. The van der Waals surface area contributed by atoms with E-state index in [1.165, 1.54) is 11.0 Å². The summed E-state index contributed by atoms with van der Waals surface area (Å²) in [6, 6.07) is 8.59. The van der Waals surface area contributed by atoms with Crippen molar-refractivity contribution < 1.29 is 46.1 Å². The van der Waals surface area contributed by atoms with Crippen LogP contribution in [-0.2, 0) is 16.8 Å². The van der Waals surface area contributed by atoms with E-state index in [4.69, 9.17) is 25.1 Å². The Hall–Kier alpha value is -4.40. The predicted molar refractivity (Wildman–Crippen MR) is 148 cm³/mol. The second-order valence-corrected chi connectivity index (χ2v) is 10.5. The average molecular weight is 626 g/mol. The molecule has 1 aliphatic carbocycles. The fraction of sp³-hybridized carbons (Fsp3) is 0.414. The van der Waals surface area contributed by atoms with Crippen molar-refractivity contribution >= 4 is 17.7 Å². The van der Waals surface area contributed by atoms with Crippen LogP contribution < -0.4 is 20.1 Å². The van der Waals surface area contributed by atoms with E-state index in [0.717, 1.165) is 42.9 Å². The second-order valence-electron chi connectivity index (χ2n) is 10.5. The zero-order chi connectivity index (χ0) is 32.2. The molecule has 44 heavy (non-hydrogen) atoms. The highest BCUT2D eigenvalue weighted by Gasteiger charge is 2.53. The van der Waals surface area contributed by atoms with E-state index in [1.807, 2.05) is 12.1 Å². The molecule has 1 aromatic heterocycles. The molecule has 4 N–H and O–H groups in total. The van der Waals surface area contributed by atoms with Crippen LogP contribution in [0.3, 0.4) is 0 Å². The number of anilines is 1. The van der Waals surface area contributed by atoms with E-state index < -0.39 is 29.8 Å². The van der Waals surface area contributed by atoms with Crippen molar-refractivity contribution in [1.29, 1.82) is 0 Å². The molecular weight excluding hydrogens is 593 g/mol.